The lowest BCUT2D eigenvalue weighted by molar-refractivity contribution is 0.0687. The molecule has 1 aromatic heterocycles. The Balaban J connectivity index is 1.85. The van der Waals surface area contributed by atoms with Gasteiger partial charge in [0, 0.05) is 32.6 Å². The second-order valence-corrected chi connectivity index (χ2v) is 6.29. The molecule has 20 heavy (non-hydrogen) atoms. The summed E-state index contributed by atoms with van der Waals surface area (Å²) in [5.41, 5.74) is -0.105. The number of aromatic nitrogens is 1. The Hall–Kier alpha value is -1.47. The van der Waals surface area contributed by atoms with Gasteiger partial charge in [0.25, 0.3) is 0 Å². The van der Waals surface area contributed by atoms with Crippen LogP contribution in [0.25, 0.3) is 0 Å². The van der Waals surface area contributed by atoms with E-state index in [0.717, 1.165) is 26.2 Å². The van der Waals surface area contributed by atoms with Crippen LogP contribution in [0.15, 0.2) is 0 Å². The number of thiazole rings is 1. The molecule has 0 amide bonds. The highest BCUT2D eigenvalue weighted by Gasteiger charge is 2.32. The lowest BCUT2D eigenvalue weighted by atomic mass is 10.2. The minimum atomic E-state index is -1.13. The molecule has 0 aromatic carbocycles. The van der Waals surface area contributed by atoms with Crippen LogP contribution in [-0.4, -0.2) is 59.0 Å². The van der Waals surface area contributed by atoms with Crippen molar-refractivity contribution < 1.29 is 14.7 Å². The molecule has 2 saturated heterocycles. The van der Waals surface area contributed by atoms with Crippen LogP contribution in [0.2, 0.25) is 0 Å². The number of fused-ring (bicyclic) bond motifs is 1. The Morgan fingerprint density at radius 1 is 1.35 bits per heavy atom. The highest BCUT2D eigenvalue weighted by molar-refractivity contribution is 7.17. The number of carbonyl (C=O) groups excluding carboxylic acids is 1. The van der Waals surface area contributed by atoms with Gasteiger partial charge < -0.3 is 10.0 Å². The zero-order chi connectivity index (χ0) is 14.3. The molecule has 1 N–H and O–H groups in total. The first-order chi connectivity index (χ1) is 9.56. The predicted molar refractivity (Wildman–Crippen MR) is 75.9 cm³/mol. The number of aromatic carboxylic acids is 1. The third kappa shape index (κ3) is 2.31. The fourth-order valence-corrected chi connectivity index (χ4v) is 3.98. The van der Waals surface area contributed by atoms with Crippen LogP contribution < -0.4 is 4.90 Å². The molecular weight excluding hydrogens is 278 g/mol. The molecule has 0 bridgehead atoms. The lowest BCUT2D eigenvalue weighted by Crippen LogP contribution is -2.50. The summed E-state index contributed by atoms with van der Waals surface area (Å²) in [6.45, 7) is 5.26. The highest BCUT2D eigenvalue weighted by Crippen LogP contribution is 2.30. The summed E-state index contributed by atoms with van der Waals surface area (Å²) in [5, 5.41) is 9.81. The molecular formula is C13H17N3O3S. The second kappa shape index (κ2) is 5.14. The standard InChI is InChI=1S/C13H17N3O3S/c1-8(17)11-10(12(18)19)14-13(20-11)16-6-5-15-4-2-3-9(15)7-16/h9H,2-7H2,1H3,(H,18,19). The second-order valence-electron chi connectivity index (χ2n) is 5.31. The summed E-state index contributed by atoms with van der Waals surface area (Å²) in [5.74, 6) is -1.36. The van der Waals surface area contributed by atoms with Crippen LogP contribution >= 0.6 is 11.3 Å². The van der Waals surface area contributed by atoms with Crippen molar-refractivity contribution >= 4 is 28.2 Å². The Labute approximate surface area is 121 Å². The van der Waals surface area contributed by atoms with Crippen molar-refractivity contribution in [2.24, 2.45) is 0 Å². The number of rotatable bonds is 3. The van der Waals surface area contributed by atoms with Gasteiger partial charge in [-0.1, -0.05) is 11.3 Å². The van der Waals surface area contributed by atoms with E-state index >= 15 is 0 Å². The maximum absolute atomic E-state index is 11.5. The van der Waals surface area contributed by atoms with Crippen molar-refractivity contribution in [3.05, 3.63) is 10.6 Å². The summed E-state index contributed by atoms with van der Waals surface area (Å²) >= 11 is 1.20. The molecule has 108 valence electrons. The number of ketones is 1. The molecule has 0 aliphatic carbocycles. The zero-order valence-electron chi connectivity index (χ0n) is 11.3. The number of hydrogen-bond acceptors (Lipinski definition) is 6. The maximum atomic E-state index is 11.5. The Morgan fingerprint density at radius 3 is 2.80 bits per heavy atom. The first-order valence-electron chi connectivity index (χ1n) is 6.80. The number of carboxylic acid groups (broad SMARTS) is 1. The topological polar surface area (TPSA) is 73.7 Å². The van der Waals surface area contributed by atoms with E-state index in [9.17, 15) is 9.59 Å². The van der Waals surface area contributed by atoms with Gasteiger partial charge in [0.15, 0.2) is 16.6 Å². The monoisotopic (exact) mass is 295 g/mol. The van der Waals surface area contributed by atoms with Crippen LogP contribution in [0, 0.1) is 0 Å². The number of anilines is 1. The van der Waals surface area contributed by atoms with E-state index in [4.69, 9.17) is 5.11 Å². The van der Waals surface area contributed by atoms with Gasteiger partial charge in [0.2, 0.25) is 0 Å². The quantitative estimate of drug-likeness (QED) is 0.848. The fourth-order valence-electron chi connectivity index (χ4n) is 2.99. The fraction of sp³-hybridized carbons (Fsp3) is 0.615. The smallest absolute Gasteiger partial charge is 0.356 e. The van der Waals surface area contributed by atoms with Crippen molar-refractivity contribution in [3.63, 3.8) is 0 Å². The molecule has 1 atom stereocenters. The van der Waals surface area contributed by atoms with Crippen molar-refractivity contribution in [1.82, 2.24) is 9.88 Å². The molecule has 1 unspecified atom stereocenters. The minimum Gasteiger partial charge on any atom is -0.476 e. The van der Waals surface area contributed by atoms with Crippen molar-refractivity contribution in [2.45, 2.75) is 25.8 Å². The SMILES string of the molecule is CC(=O)c1sc(N2CCN3CCCC3C2)nc1C(=O)O. The first-order valence-corrected chi connectivity index (χ1v) is 7.62. The predicted octanol–water partition coefficient (Wildman–Crippen LogP) is 1.33. The van der Waals surface area contributed by atoms with Crippen LogP contribution in [0.5, 0.6) is 0 Å². The van der Waals surface area contributed by atoms with E-state index in [-0.39, 0.29) is 16.4 Å². The van der Waals surface area contributed by atoms with Gasteiger partial charge in [0.1, 0.15) is 4.88 Å². The number of carbonyl (C=O) groups is 2. The molecule has 0 spiro atoms. The van der Waals surface area contributed by atoms with E-state index in [2.05, 4.69) is 14.8 Å². The number of Topliss-reactive ketones (excluding diaryl/α,β-unsaturated/α-hetero) is 1. The van der Waals surface area contributed by atoms with Gasteiger partial charge in [0.05, 0.1) is 0 Å². The molecule has 3 rings (SSSR count). The minimum absolute atomic E-state index is 0.105. The molecule has 1 aromatic rings. The Morgan fingerprint density at radius 2 is 2.15 bits per heavy atom. The van der Waals surface area contributed by atoms with Crippen LogP contribution in [0.4, 0.5) is 5.13 Å². The highest BCUT2D eigenvalue weighted by atomic mass is 32.1. The number of nitrogens with zero attached hydrogens (tertiary/aromatic N) is 3. The molecule has 2 aliphatic heterocycles. The van der Waals surface area contributed by atoms with E-state index in [1.165, 1.54) is 31.1 Å². The van der Waals surface area contributed by atoms with Crippen molar-refractivity contribution in [2.75, 3.05) is 31.1 Å². The van der Waals surface area contributed by atoms with Gasteiger partial charge in [-0.15, -0.1) is 0 Å². The maximum Gasteiger partial charge on any atom is 0.356 e. The molecule has 3 heterocycles. The van der Waals surface area contributed by atoms with Crippen molar-refractivity contribution in [3.8, 4) is 0 Å². The number of carboxylic acids is 1. The van der Waals surface area contributed by atoms with E-state index in [1.54, 1.807) is 0 Å². The van der Waals surface area contributed by atoms with Crippen LogP contribution in [0.3, 0.4) is 0 Å². The van der Waals surface area contributed by atoms with Gasteiger partial charge in [-0.3, -0.25) is 9.69 Å². The molecule has 0 radical (unpaired) electrons. The normalized spacial score (nSPS) is 22.9. The summed E-state index contributed by atoms with van der Waals surface area (Å²) in [6.07, 6.45) is 2.42. The molecule has 2 aliphatic rings. The summed E-state index contributed by atoms with van der Waals surface area (Å²) in [4.78, 5) is 31.7. The van der Waals surface area contributed by atoms with E-state index in [1.807, 2.05) is 0 Å². The third-order valence-corrected chi connectivity index (χ3v) is 5.21. The first kappa shape index (κ1) is 13.5. The Kier molecular flexibility index (Phi) is 3.47. The average Bonchev–Trinajstić information content (AvgIpc) is 3.04. The van der Waals surface area contributed by atoms with Crippen molar-refractivity contribution in [1.29, 1.82) is 0 Å². The summed E-state index contributed by atoms with van der Waals surface area (Å²) < 4.78 is 0. The molecule has 0 saturated carbocycles. The van der Waals surface area contributed by atoms with E-state index in [0.29, 0.717) is 11.2 Å². The largest absolute Gasteiger partial charge is 0.476 e. The zero-order valence-corrected chi connectivity index (χ0v) is 12.2. The molecule has 7 heteroatoms. The van der Waals surface area contributed by atoms with Gasteiger partial charge in [-0.05, 0) is 19.4 Å². The average molecular weight is 295 g/mol. The van der Waals surface area contributed by atoms with Gasteiger partial charge in [-0.25, -0.2) is 9.78 Å². The molecule has 2 fully saturated rings. The number of hydrogen-bond donors (Lipinski definition) is 1. The summed E-state index contributed by atoms with van der Waals surface area (Å²) in [6, 6.07) is 0.543. The van der Waals surface area contributed by atoms with Crippen LogP contribution in [0.1, 0.15) is 39.9 Å². The Bertz CT molecular complexity index is 526. The van der Waals surface area contributed by atoms with Crippen LogP contribution in [-0.2, 0) is 0 Å². The van der Waals surface area contributed by atoms with E-state index < -0.39 is 5.97 Å². The van der Waals surface area contributed by atoms with Gasteiger partial charge >= 0.3 is 5.97 Å². The summed E-state index contributed by atoms with van der Waals surface area (Å²) in [7, 11) is 0. The third-order valence-electron chi connectivity index (χ3n) is 4.00. The van der Waals surface area contributed by atoms with Gasteiger partial charge in [-0.2, -0.15) is 0 Å². The molecule has 6 nitrogen and oxygen atoms in total. The lowest BCUT2D eigenvalue weighted by Gasteiger charge is -2.37. The number of piperazine rings is 1.